The van der Waals surface area contributed by atoms with Crippen LogP contribution < -0.4 is 10.2 Å². The van der Waals surface area contributed by atoms with Gasteiger partial charge in [0.05, 0.1) is 26.2 Å². The van der Waals surface area contributed by atoms with E-state index in [1.54, 1.807) is 4.90 Å². The van der Waals surface area contributed by atoms with E-state index in [1.807, 2.05) is 24.3 Å². The highest BCUT2D eigenvalue weighted by Crippen LogP contribution is 2.15. The molecule has 0 aromatic heterocycles. The maximum atomic E-state index is 10.2. The molecule has 1 aliphatic heterocycles. The lowest BCUT2D eigenvalue weighted by Crippen LogP contribution is -3.11. The summed E-state index contributed by atoms with van der Waals surface area (Å²) in [5, 5.41) is 13.2. The van der Waals surface area contributed by atoms with Crippen LogP contribution in [0.5, 0.6) is 0 Å². The molecule has 1 fully saturated rings. The van der Waals surface area contributed by atoms with Crippen LogP contribution in [0.3, 0.4) is 0 Å². The molecule has 0 bridgehead atoms. The number of aliphatic hydroxyl groups is 1. The van der Waals surface area contributed by atoms with E-state index in [2.05, 4.69) is 35.6 Å². The Morgan fingerprint density at radius 2 is 1.92 bits per heavy atom. The molecule has 2 aromatic carbocycles. The fourth-order valence-electron chi connectivity index (χ4n) is 3.55. The summed E-state index contributed by atoms with van der Waals surface area (Å²) in [6, 6.07) is 18.9. The molecule has 0 amide bonds. The highest BCUT2D eigenvalue weighted by atomic mass is 35.5. The Bertz CT molecular complexity index is 668. The van der Waals surface area contributed by atoms with Crippen molar-refractivity contribution in [3.8, 4) is 0 Å². The zero-order valence-electron chi connectivity index (χ0n) is 15.1. The smallest absolute Gasteiger partial charge is 0.141 e. The second-order valence-electron chi connectivity index (χ2n) is 7.15. The van der Waals surface area contributed by atoms with Gasteiger partial charge in [-0.15, -0.1) is 0 Å². The Hall–Kier alpha value is -1.43. The number of benzene rings is 2. The van der Waals surface area contributed by atoms with Gasteiger partial charge in [0.1, 0.15) is 31.8 Å². The van der Waals surface area contributed by atoms with Crippen molar-refractivity contribution in [1.82, 2.24) is 0 Å². The van der Waals surface area contributed by atoms with Crippen LogP contribution in [0.1, 0.15) is 17.5 Å². The first-order valence-corrected chi connectivity index (χ1v) is 9.78. The summed E-state index contributed by atoms with van der Waals surface area (Å²) >= 11 is 6.11. The second-order valence-corrected chi connectivity index (χ2v) is 7.55. The first-order valence-electron chi connectivity index (χ1n) is 9.40. The van der Waals surface area contributed by atoms with E-state index in [0.29, 0.717) is 30.8 Å². The summed E-state index contributed by atoms with van der Waals surface area (Å²) < 4.78 is 5.62. The van der Waals surface area contributed by atoms with Crippen molar-refractivity contribution < 1.29 is 20.1 Å². The molecule has 0 radical (unpaired) electrons. The van der Waals surface area contributed by atoms with Gasteiger partial charge in [-0.05, 0) is 11.6 Å². The van der Waals surface area contributed by atoms with Crippen molar-refractivity contribution in [2.24, 2.45) is 0 Å². The Labute approximate surface area is 160 Å². The van der Waals surface area contributed by atoms with Crippen LogP contribution in [0.4, 0.5) is 0 Å². The molecule has 1 unspecified atom stereocenters. The van der Waals surface area contributed by atoms with Crippen molar-refractivity contribution >= 4 is 11.6 Å². The largest absolute Gasteiger partial charge is 0.385 e. The molecule has 4 nitrogen and oxygen atoms in total. The van der Waals surface area contributed by atoms with Crippen LogP contribution in [-0.4, -0.2) is 43.5 Å². The van der Waals surface area contributed by atoms with E-state index in [4.69, 9.17) is 16.3 Å². The average molecular weight is 377 g/mol. The summed E-state index contributed by atoms with van der Waals surface area (Å²) in [6.07, 6.45) is 0.755. The Morgan fingerprint density at radius 3 is 2.73 bits per heavy atom. The first-order chi connectivity index (χ1) is 12.7. The Balaban J connectivity index is 1.31. The van der Waals surface area contributed by atoms with Crippen LogP contribution >= 0.6 is 11.6 Å². The number of likely N-dealkylation sites (tertiary alicyclic amines) is 1. The average Bonchev–Trinajstić information content (AvgIpc) is 3.10. The molecule has 3 atom stereocenters. The van der Waals surface area contributed by atoms with Crippen molar-refractivity contribution in [1.29, 1.82) is 0 Å². The Kier molecular flexibility index (Phi) is 7.47. The maximum Gasteiger partial charge on any atom is 0.141 e. The van der Waals surface area contributed by atoms with Crippen LogP contribution in [-0.2, 0) is 17.9 Å². The van der Waals surface area contributed by atoms with Gasteiger partial charge >= 0.3 is 0 Å². The van der Waals surface area contributed by atoms with Gasteiger partial charge in [-0.25, -0.2) is 0 Å². The zero-order valence-corrected chi connectivity index (χ0v) is 15.9. The van der Waals surface area contributed by atoms with Gasteiger partial charge in [0.25, 0.3) is 0 Å². The number of aliphatic hydroxyl groups excluding tert-OH is 1. The van der Waals surface area contributed by atoms with E-state index >= 15 is 0 Å². The lowest BCUT2D eigenvalue weighted by atomic mass is 10.2. The zero-order chi connectivity index (χ0) is 18.2. The topological polar surface area (TPSA) is 50.5 Å². The van der Waals surface area contributed by atoms with Crippen LogP contribution in [0.2, 0.25) is 5.02 Å². The minimum Gasteiger partial charge on any atom is -0.385 e. The second kappa shape index (κ2) is 10.0. The minimum atomic E-state index is -0.448. The fraction of sp³-hybridized carbons (Fsp3) is 0.429. The lowest BCUT2D eigenvalue weighted by molar-refractivity contribution is -0.911. The van der Waals surface area contributed by atoms with Crippen molar-refractivity contribution in [2.75, 3.05) is 26.2 Å². The molecule has 26 heavy (non-hydrogen) atoms. The summed E-state index contributed by atoms with van der Waals surface area (Å²) in [7, 11) is 0. The van der Waals surface area contributed by atoms with Gasteiger partial charge in [0.2, 0.25) is 0 Å². The lowest BCUT2D eigenvalue weighted by Gasteiger charge is -2.14. The van der Waals surface area contributed by atoms with Gasteiger partial charge < -0.3 is 20.1 Å². The number of halogens is 1. The predicted molar refractivity (Wildman–Crippen MR) is 103 cm³/mol. The van der Waals surface area contributed by atoms with E-state index < -0.39 is 6.10 Å². The first kappa shape index (κ1) is 19.3. The van der Waals surface area contributed by atoms with Gasteiger partial charge in [-0.2, -0.15) is 0 Å². The van der Waals surface area contributed by atoms with Gasteiger partial charge in [0, 0.05) is 10.6 Å². The monoisotopic (exact) mass is 376 g/mol. The number of quaternary nitrogens is 2. The van der Waals surface area contributed by atoms with Gasteiger partial charge in [0.15, 0.2) is 0 Å². The molecule has 4 N–H and O–H groups in total. The molecule has 2 aromatic rings. The number of ether oxygens (including phenoxy) is 1. The minimum absolute atomic E-state index is 0.342. The van der Waals surface area contributed by atoms with E-state index in [9.17, 15) is 5.11 Å². The van der Waals surface area contributed by atoms with Crippen molar-refractivity contribution in [3.63, 3.8) is 0 Å². The molecule has 3 rings (SSSR count). The SMILES string of the molecule is O[C@@H](C[NH2+][C@H]1CC[NH+](Cc2ccccc2)C1)COCc1ccccc1Cl. The molecular formula is C21H29ClN2O2+2. The summed E-state index contributed by atoms with van der Waals surface area (Å²) in [4.78, 5) is 1.63. The molecule has 140 valence electrons. The molecule has 0 aliphatic carbocycles. The standard InChI is InChI=1S/C21H27ClN2O2/c22-21-9-5-4-8-18(21)15-26-16-20(25)12-23-19-10-11-24(14-19)13-17-6-2-1-3-7-17/h1-9,19-20,23,25H,10-16H2/p+2/t19-,20-/m0/s1. The predicted octanol–water partition coefficient (Wildman–Crippen LogP) is 0.638. The van der Waals surface area contributed by atoms with Gasteiger partial charge in [-0.1, -0.05) is 60.1 Å². The van der Waals surface area contributed by atoms with Crippen molar-refractivity contribution in [3.05, 3.63) is 70.7 Å². The summed E-state index contributed by atoms with van der Waals surface area (Å²) in [6.45, 7) is 4.92. The third-order valence-corrected chi connectivity index (χ3v) is 5.35. The van der Waals surface area contributed by atoms with Crippen LogP contribution in [0, 0.1) is 0 Å². The molecular weight excluding hydrogens is 348 g/mol. The summed E-state index contributed by atoms with van der Waals surface area (Å²) in [5.74, 6) is 0. The van der Waals surface area contributed by atoms with Gasteiger partial charge in [-0.3, -0.25) is 0 Å². The molecule has 1 heterocycles. The molecule has 1 saturated heterocycles. The number of hydrogen-bond acceptors (Lipinski definition) is 2. The van der Waals surface area contributed by atoms with Crippen LogP contribution in [0.15, 0.2) is 54.6 Å². The molecule has 0 spiro atoms. The molecule has 1 aliphatic rings. The number of hydrogen-bond donors (Lipinski definition) is 3. The third-order valence-electron chi connectivity index (χ3n) is 4.98. The number of nitrogens with two attached hydrogens (primary N) is 1. The van der Waals surface area contributed by atoms with Crippen LogP contribution in [0.25, 0.3) is 0 Å². The number of rotatable bonds is 9. The Morgan fingerprint density at radius 1 is 1.15 bits per heavy atom. The third kappa shape index (κ3) is 6.08. The normalized spacial score (nSPS) is 21.0. The molecule has 0 saturated carbocycles. The number of nitrogens with one attached hydrogen (secondary N) is 1. The maximum absolute atomic E-state index is 10.2. The quantitative estimate of drug-likeness (QED) is 0.601. The van der Waals surface area contributed by atoms with Crippen molar-refractivity contribution in [2.45, 2.75) is 31.7 Å². The summed E-state index contributed by atoms with van der Waals surface area (Å²) in [5.41, 5.74) is 2.36. The highest BCUT2D eigenvalue weighted by Gasteiger charge is 2.29. The van der Waals surface area contributed by atoms with E-state index in [0.717, 1.165) is 18.7 Å². The van der Waals surface area contributed by atoms with E-state index in [-0.39, 0.29) is 0 Å². The highest BCUT2D eigenvalue weighted by molar-refractivity contribution is 6.31. The van der Waals surface area contributed by atoms with E-state index in [1.165, 1.54) is 18.5 Å². The fourth-order valence-corrected chi connectivity index (χ4v) is 3.74. The molecule has 5 heteroatoms.